The van der Waals surface area contributed by atoms with Crippen molar-refractivity contribution in [2.75, 3.05) is 7.05 Å². The fourth-order valence-corrected chi connectivity index (χ4v) is 2.62. The molecule has 0 spiro atoms. The number of nitro groups is 1. The molecule has 0 heterocycles. The van der Waals surface area contributed by atoms with Gasteiger partial charge in [0.25, 0.3) is 0 Å². The highest BCUT2D eigenvalue weighted by Crippen LogP contribution is 2.34. The van der Waals surface area contributed by atoms with Gasteiger partial charge in [-0.1, -0.05) is 37.9 Å². The van der Waals surface area contributed by atoms with Gasteiger partial charge in [-0.25, -0.2) is 0 Å². The van der Waals surface area contributed by atoms with Gasteiger partial charge in [-0.05, 0) is 36.9 Å². The Balaban J connectivity index is 2.30. The molecule has 0 fully saturated rings. The number of benzene rings is 2. The second-order valence-electron chi connectivity index (χ2n) is 4.25. The van der Waals surface area contributed by atoms with E-state index in [-0.39, 0.29) is 11.4 Å². The molecule has 2 aromatic rings. The van der Waals surface area contributed by atoms with Crippen molar-refractivity contribution in [1.29, 1.82) is 0 Å². The standard InChI is InChI=1S/C14H12Br2N2O3/c1-17-8-9-2-4-11(7-12(9)16)21-14-5-3-10(15)6-13(14)18(19)20/h2-7,17H,8H2,1H3. The van der Waals surface area contributed by atoms with Gasteiger partial charge in [-0.3, -0.25) is 10.1 Å². The summed E-state index contributed by atoms with van der Waals surface area (Å²) in [6.07, 6.45) is 0. The predicted molar refractivity (Wildman–Crippen MR) is 87.8 cm³/mol. The van der Waals surface area contributed by atoms with Crippen LogP contribution in [0.25, 0.3) is 0 Å². The van der Waals surface area contributed by atoms with Gasteiger partial charge < -0.3 is 10.1 Å². The highest BCUT2D eigenvalue weighted by molar-refractivity contribution is 9.10. The van der Waals surface area contributed by atoms with E-state index in [0.717, 1.165) is 16.6 Å². The van der Waals surface area contributed by atoms with Crippen LogP contribution >= 0.6 is 31.9 Å². The normalized spacial score (nSPS) is 10.4. The molecule has 0 unspecified atom stereocenters. The molecule has 0 saturated heterocycles. The Bertz CT molecular complexity index is 677. The lowest BCUT2D eigenvalue weighted by molar-refractivity contribution is -0.385. The van der Waals surface area contributed by atoms with E-state index in [1.807, 2.05) is 13.1 Å². The summed E-state index contributed by atoms with van der Waals surface area (Å²) in [6.45, 7) is 0.722. The summed E-state index contributed by atoms with van der Waals surface area (Å²) in [4.78, 5) is 10.6. The van der Waals surface area contributed by atoms with Crippen molar-refractivity contribution in [3.05, 3.63) is 61.0 Å². The lowest BCUT2D eigenvalue weighted by atomic mass is 10.2. The van der Waals surface area contributed by atoms with E-state index in [1.54, 1.807) is 24.3 Å². The molecule has 0 aliphatic carbocycles. The number of hydrogen-bond acceptors (Lipinski definition) is 4. The zero-order valence-electron chi connectivity index (χ0n) is 11.1. The lowest BCUT2D eigenvalue weighted by Crippen LogP contribution is -2.05. The van der Waals surface area contributed by atoms with Crippen molar-refractivity contribution in [3.8, 4) is 11.5 Å². The minimum absolute atomic E-state index is 0.0835. The molecule has 5 nitrogen and oxygen atoms in total. The Labute approximate surface area is 138 Å². The van der Waals surface area contributed by atoms with Crippen molar-refractivity contribution in [1.82, 2.24) is 5.32 Å². The van der Waals surface area contributed by atoms with Gasteiger partial charge >= 0.3 is 5.69 Å². The molecule has 7 heteroatoms. The molecule has 21 heavy (non-hydrogen) atoms. The van der Waals surface area contributed by atoms with Crippen LogP contribution in [0.3, 0.4) is 0 Å². The molecule has 0 atom stereocenters. The average Bonchev–Trinajstić information content (AvgIpc) is 2.44. The van der Waals surface area contributed by atoms with E-state index in [2.05, 4.69) is 37.2 Å². The summed E-state index contributed by atoms with van der Waals surface area (Å²) in [5.41, 5.74) is 0.995. The molecule has 1 N–H and O–H groups in total. The van der Waals surface area contributed by atoms with E-state index < -0.39 is 4.92 Å². The fraction of sp³-hybridized carbons (Fsp3) is 0.143. The number of hydrogen-bond donors (Lipinski definition) is 1. The molecular weight excluding hydrogens is 404 g/mol. The first-order chi connectivity index (χ1) is 10.0. The summed E-state index contributed by atoms with van der Waals surface area (Å²) in [7, 11) is 1.86. The van der Waals surface area contributed by atoms with E-state index in [4.69, 9.17) is 4.74 Å². The fourth-order valence-electron chi connectivity index (χ4n) is 1.77. The van der Waals surface area contributed by atoms with Crippen LogP contribution in [0.1, 0.15) is 5.56 Å². The van der Waals surface area contributed by atoms with E-state index in [9.17, 15) is 10.1 Å². The maximum atomic E-state index is 11.1. The van der Waals surface area contributed by atoms with Gasteiger partial charge in [0.15, 0.2) is 0 Å². The zero-order chi connectivity index (χ0) is 15.4. The van der Waals surface area contributed by atoms with E-state index >= 15 is 0 Å². The Morgan fingerprint density at radius 2 is 2.00 bits per heavy atom. The molecular formula is C14H12Br2N2O3. The van der Waals surface area contributed by atoms with Crippen LogP contribution in [0.5, 0.6) is 11.5 Å². The Morgan fingerprint density at radius 1 is 1.24 bits per heavy atom. The molecule has 110 valence electrons. The largest absolute Gasteiger partial charge is 0.450 e. The maximum absolute atomic E-state index is 11.1. The lowest BCUT2D eigenvalue weighted by Gasteiger charge is -2.09. The van der Waals surface area contributed by atoms with Crippen molar-refractivity contribution >= 4 is 37.5 Å². The first-order valence-electron chi connectivity index (χ1n) is 6.06. The van der Waals surface area contributed by atoms with Gasteiger partial charge in [-0.2, -0.15) is 0 Å². The van der Waals surface area contributed by atoms with Crippen LogP contribution in [0.4, 0.5) is 5.69 Å². The van der Waals surface area contributed by atoms with Crippen LogP contribution in [-0.2, 0) is 6.54 Å². The minimum Gasteiger partial charge on any atom is -0.450 e. The highest BCUT2D eigenvalue weighted by Gasteiger charge is 2.16. The summed E-state index contributed by atoms with van der Waals surface area (Å²) in [6, 6.07) is 10.2. The number of nitrogens with zero attached hydrogens (tertiary/aromatic N) is 1. The third-order valence-electron chi connectivity index (χ3n) is 2.74. The maximum Gasteiger partial charge on any atom is 0.312 e. The van der Waals surface area contributed by atoms with Crippen LogP contribution in [0.15, 0.2) is 45.3 Å². The average molecular weight is 416 g/mol. The Kier molecular flexibility index (Phi) is 5.33. The van der Waals surface area contributed by atoms with Crippen molar-refractivity contribution < 1.29 is 9.66 Å². The monoisotopic (exact) mass is 414 g/mol. The first kappa shape index (κ1) is 15.9. The van der Waals surface area contributed by atoms with Crippen LogP contribution in [0.2, 0.25) is 0 Å². The number of nitrogens with one attached hydrogen (secondary N) is 1. The molecule has 0 aromatic heterocycles. The third kappa shape index (κ3) is 4.03. The Morgan fingerprint density at radius 3 is 2.62 bits per heavy atom. The van der Waals surface area contributed by atoms with Gasteiger partial charge in [0, 0.05) is 21.6 Å². The van der Waals surface area contributed by atoms with E-state index in [0.29, 0.717) is 10.2 Å². The third-order valence-corrected chi connectivity index (χ3v) is 3.97. The number of nitro benzene ring substituents is 1. The second-order valence-corrected chi connectivity index (χ2v) is 6.02. The molecule has 2 aromatic carbocycles. The second kappa shape index (κ2) is 7.02. The summed E-state index contributed by atoms with van der Waals surface area (Å²) in [5, 5.41) is 14.1. The smallest absolute Gasteiger partial charge is 0.312 e. The minimum atomic E-state index is -0.468. The Hall–Kier alpha value is -1.44. The van der Waals surface area contributed by atoms with Crippen LogP contribution in [-0.4, -0.2) is 12.0 Å². The SMILES string of the molecule is CNCc1ccc(Oc2ccc(Br)cc2[N+](=O)[O-])cc1Br. The number of rotatable bonds is 5. The van der Waals surface area contributed by atoms with Crippen LogP contribution < -0.4 is 10.1 Å². The quantitative estimate of drug-likeness (QED) is 0.571. The first-order valence-corrected chi connectivity index (χ1v) is 7.64. The summed E-state index contributed by atoms with van der Waals surface area (Å²) >= 11 is 6.67. The van der Waals surface area contributed by atoms with Crippen molar-refractivity contribution in [2.45, 2.75) is 6.54 Å². The molecule has 0 radical (unpaired) electrons. The molecule has 0 aliphatic heterocycles. The molecule has 0 saturated carbocycles. The van der Waals surface area contributed by atoms with Gasteiger partial charge in [0.2, 0.25) is 5.75 Å². The van der Waals surface area contributed by atoms with E-state index in [1.165, 1.54) is 6.07 Å². The highest BCUT2D eigenvalue weighted by atomic mass is 79.9. The topological polar surface area (TPSA) is 64.4 Å². The van der Waals surface area contributed by atoms with Crippen molar-refractivity contribution in [2.24, 2.45) is 0 Å². The molecule has 2 rings (SSSR count). The zero-order valence-corrected chi connectivity index (χ0v) is 14.3. The number of ether oxygens (including phenoxy) is 1. The summed E-state index contributed by atoms with van der Waals surface area (Å²) in [5.74, 6) is 0.739. The van der Waals surface area contributed by atoms with Gasteiger partial charge in [0.05, 0.1) is 4.92 Å². The predicted octanol–water partition coefficient (Wildman–Crippen LogP) is 4.63. The van der Waals surface area contributed by atoms with Crippen molar-refractivity contribution in [3.63, 3.8) is 0 Å². The number of halogens is 2. The summed E-state index contributed by atoms with van der Waals surface area (Å²) < 4.78 is 7.14. The molecule has 0 bridgehead atoms. The van der Waals surface area contributed by atoms with Gasteiger partial charge in [-0.15, -0.1) is 0 Å². The molecule has 0 amide bonds. The molecule has 0 aliphatic rings. The van der Waals surface area contributed by atoms with Crippen LogP contribution in [0, 0.1) is 10.1 Å². The van der Waals surface area contributed by atoms with Gasteiger partial charge in [0.1, 0.15) is 5.75 Å².